The van der Waals surface area contributed by atoms with E-state index >= 15 is 0 Å². The van der Waals surface area contributed by atoms with Crippen molar-refractivity contribution >= 4 is 38.2 Å². The van der Waals surface area contributed by atoms with E-state index in [4.69, 9.17) is 0 Å². The van der Waals surface area contributed by atoms with Gasteiger partial charge in [0.1, 0.15) is 0 Å². The molecule has 0 radical (unpaired) electrons. The van der Waals surface area contributed by atoms with Gasteiger partial charge in [0, 0.05) is 39.0 Å². The van der Waals surface area contributed by atoms with E-state index in [1.165, 1.54) is 25.8 Å². The van der Waals surface area contributed by atoms with Crippen molar-refractivity contribution in [3.63, 3.8) is 0 Å². The monoisotopic (exact) mass is 362 g/mol. The van der Waals surface area contributed by atoms with Gasteiger partial charge in [-0.1, -0.05) is 32.0 Å². The van der Waals surface area contributed by atoms with Crippen molar-refractivity contribution in [2.75, 3.05) is 0 Å². The molecule has 0 bridgehead atoms. The number of nitrogens with one attached hydrogen (secondary N) is 1. The lowest BCUT2D eigenvalue weighted by Gasteiger charge is -2.06. The zero-order valence-corrected chi connectivity index (χ0v) is 14.7. The van der Waals surface area contributed by atoms with Crippen LogP contribution in [0.5, 0.6) is 0 Å². The van der Waals surface area contributed by atoms with Crippen molar-refractivity contribution < 1.29 is 0 Å². The molecule has 2 aromatic heterocycles. The van der Waals surface area contributed by atoms with Crippen LogP contribution in [0.25, 0.3) is 10.9 Å². The molecule has 0 fully saturated rings. The van der Waals surface area contributed by atoms with Crippen LogP contribution >= 0.6 is 27.3 Å². The van der Waals surface area contributed by atoms with Gasteiger partial charge in [0.25, 0.3) is 0 Å². The fourth-order valence-corrected chi connectivity index (χ4v) is 3.98. The number of hydrogen-bond donors (Lipinski definition) is 1. The molecular weight excluding hydrogens is 344 g/mol. The highest BCUT2D eigenvalue weighted by Gasteiger charge is 2.10. The van der Waals surface area contributed by atoms with Gasteiger partial charge in [-0.25, -0.2) is 0 Å². The molecule has 0 atom stereocenters. The summed E-state index contributed by atoms with van der Waals surface area (Å²) in [5.41, 5.74) is 2.67. The summed E-state index contributed by atoms with van der Waals surface area (Å²) in [5.74, 6) is 0. The summed E-state index contributed by atoms with van der Waals surface area (Å²) in [4.78, 5) is 1.36. The molecule has 110 valence electrons. The lowest BCUT2D eigenvalue weighted by molar-refractivity contribution is 0.589. The Balaban J connectivity index is 1.96. The Morgan fingerprint density at radius 3 is 2.76 bits per heavy atom. The van der Waals surface area contributed by atoms with Crippen molar-refractivity contribution in [2.24, 2.45) is 0 Å². The topological polar surface area (TPSA) is 17.0 Å². The van der Waals surface area contributed by atoms with Crippen LogP contribution in [0.2, 0.25) is 0 Å². The average molecular weight is 363 g/mol. The Kier molecular flexibility index (Phi) is 4.48. The number of para-hydroxylation sites is 1. The Morgan fingerprint density at radius 2 is 2.05 bits per heavy atom. The van der Waals surface area contributed by atoms with Gasteiger partial charge in [0.05, 0.1) is 6.54 Å². The van der Waals surface area contributed by atoms with E-state index in [0.717, 1.165) is 13.1 Å². The van der Waals surface area contributed by atoms with E-state index in [2.05, 4.69) is 81.6 Å². The van der Waals surface area contributed by atoms with Gasteiger partial charge >= 0.3 is 0 Å². The third kappa shape index (κ3) is 3.23. The van der Waals surface area contributed by atoms with E-state index < -0.39 is 0 Å². The first kappa shape index (κ1) is 14.8. The van der Waals surface area contributed by atoms with Crippen LogP contribution in [0.3, 0.4) is 0 Å². The molecule has 0 aliphatic carbocycles. The average Bonchev–Trinajstić information content (AvgIpc) is 3.02. The molecule has 21 heavy (non-hydrogen) atoms. The standard InChI is InChI=1S/C17H19BrN2S/c1-12(2)19-9-13-10-20(11-17-15(18)7-8-21-17)16-6-4-3-5-14(13)16/h3-8,10,12,19H,9,11H2,1-2H3. The molecular formula is C17H19BrN2S. The second-order valence-electron chi connectivity index (χ2n) is 5.53. The molecule has 2 heterocycles. The fraction of sp³-hybridized carbons (Fsp3) is 0.294. The van der Waals surface area contributed by atoms with Crippen LogP contribution in [0, 0.1) is 0 Å². The number of thiophene rings is 1. The first-order valence-corrected chi connectivity index (χ1v) is 8.84. The molecule has 0 saturated heterocycles. The summed E-state index contributed by atoms with van der Waals surface area (Å²) in [6, 6.07) is 11.3. The van der Waals surface area contributed by atoms with Crippen LogP contribution < -0.4 is 5.32 Å². The predicted molar refractivity (Wildman–Crippen MR) is 95.0 cm³/mol. The number of halogens is 1. The van der Waals surface area contributed by atoms with Crippen molar-refractivity contribution in [3.8, 4) is 0 Å². The minimum Gasteiger partial charge on any atom is -0.342 e. The largest absolute Gasteiger partial charge is 0.342 e. The zero-order chi connectivity index (χ0) is 14.8. The number of nitrogens with zero attached hydrogens (tertiary/aromatic N) is 1. The summed E-state index contributed by atoms with van der Waals surface area (Å²) in [6.45, 7) is 6.20. The Hall–Kier alpha value is -1.10. The summed E-state index contributed by atoms with van der Waals surface area (Å²) >= 11 is 5.43. The fourth-order valence-electron chi connectivity index (χ4n) is 2.50. The van der Waals surface area contributed by atoms with Gasteiger partial charge in [0.15, 0.2) is 0 Å². The van der Waals surface area contributed by atoms with Gasteiger partial charge in [-0.15, -0.1) is 11.3 Å². The van der Waals surface area contributed by atoms with Crippen molar-refractivity contribution in [1.29, 1.82) is 0 Å². The van der Waals surface area contributed by atoms with E-state index in [1.54, 1.807) is 11.3 Å². The highest BCUT2D eigenvalue weighted by molar-refractivity contribution is 9.10. The molecule has 1 N–H and O–H groups in total. The summed E-state index contributed by atoms with van der Waals surface area (Å²) in [5, 5.41) is 6.99. The first-order chi connectivity index (χ1) is 10.1. The maximum atomic E-state index is 3.63. The third-order valence-corrected chi connectivity index (χ3v) is 5.49. The van der Waals surface area contributed by atoms with Crippen LogP contribution in [-0.4, -0.2) is 10.6 Å². The molecule has 3 aromatic rings. The van der Waals surface area contributed by atoms with E-state index in [-0.39, 0.29) is 0 Å². The van der Waals surface area contributed by atoms with Gasteiger partial charge in [-0.3, -0.25) is 0 Å². The van der Waals surface area contributed by atoms with Gasteiger partial charge in [-0.05, 0) is 39.0 Å². The number of fused-ring (bicyclic) bond motifs is 1. The smallest absolute Gasteiger partial charge is 0.0580 e. The third-order valence-electron chi connectivity index (χ3n) is 3.58. The van der Waals surface area contributed by atoms with E-state index in [9.17, 15) is 0 Å². The van der Waals surface area contributed by atoms with Gasteiger partial charge in [0.2, 0.25) is 0 Å². The van der Waals surface area contributed by atoms with Crippen LogP contribution in [-0.2, 0) is 13.1 Å². The summed E-state index contributed by atoms with van der Waals surface area (Å²) in [6.07, 6.45) is 2.28. The quantitative estimate of drug-likeness (QED) is 0.674. The van der Waals surface area contributed by atoms with Gasteiger partial charge in [-0.2, -0.15) is 0 Å². The highest BCUT2D eigenvalue weighted by Crippen LogP contribution is 2.27. The number of benzene rings is 1. The van der Waals surface area contributed by atoms with E-state index in [0.29, 0.717) is 6.04 Å². The predicted octanol–water partition coefficient (Wildman–Crippen LogP) is 5.01. The minimum atomic E-state index is 0.499. The lowest BCUT2D eigenvalue weighted by Crippen LogP contribution is -2.21. The summed E-state index contributed by atoms with van der Waals surface area (Å²) in [7, 11) is 0. The maximum absolute atomic E-state index is 3.63. The number of rotatable bonds is 5. The normalized spacial score (nSPS) is 11.6. The van der Waals surface area contributed by atoms with Crippen LogP contribution in [0.15, 0.2) is 46.4 Å². The molecule has 0 spiro atoms. The molecule has 3 rings (SSSR count). The zero-order valence-electron chi connectivity index (χ0n) is 12.3. The lowest BCUT2D eigenvalue weighted by atomic mass is 10.2. The Morgan fingerprint density at radius 1 is 1.24 bits per heavy atom. The van der Waals surface area contributed by atoms with Crippen LogP contribution in [0.1, 0.15) is 24.3 Å². The molecule has 0 amide bonds. The maximum Gasteiger partial charge on any atom is 0.0580 e. The van der Waals surface area contributed by atoms with Crippen molar-refractivity contribution in [1.82, 2.24) is 9.88 Å². The highest BCUT2D eigenvalue weighted by atomic mass is 79.9. The van der Waals surface area contributed by atoms with E-state index in [1.807, 2.05) is 0 Å². The Labute approximate surface area is 137 Å². The number of aromatic nitrogens is 1. The van der Waals surface area contributed by atoms with Crippen molar-refractivity contribution in [2.45, 2.75) is 33.0 Å². The molecule has 1 aromatic carbocycles. The van der Waals surface area contributed by atoms with Crippen LogP contribution in [0.4, 0.5) is 0 Å². The molecule has 0 aliphatic heterocycles. The second-order valence-corrected chi connectivity index (χ2v) is 7.38. The molecule has 4 heteroatoms. The number of hydrogen-bond acceptors (Lipinski definition) is 2. The van der Waals surface area contributed by atoms with Gasteiger partial charge < -0.3 is 9.88 Å². The molecule has 0 aliphatic rings. The minimum absolute atomic E-state index is 0.499. The SMILES string of the molecule is CC(C)NCc1cn(Cc2sccc2Br)c2ccccc12. The Bertz CT molecular complexity index is 742. The molecule has 0 saturated carbocycles. The second kappa shape index (κ2) is 6.34. The molecule has 2 nitrogen and oxygen atoms in total. The summed E-state index contributed by atoms with van der Waals surface area (Å²) < 4.78 is 3.55. The van der Waals surface area contributed by atoms with Crippen molar-refractivity contribution in [3.05, 3.63) is 56.8 Å². The molecule has 0 unspecified atom stereocenters. The first-order valence-electron chi connectivity index (χ1n) is 7.17.